The van der Waals surface area contributed by atoms with Crippen molar-refractivity contribution < 1.29 is 18.7 Å². The maximum absolute atomic E-state index is 12.6. The molecule has 1 saturated heterocycles. The monoisotopic (exact) mass is 466 g/mol. The zero-order chi connectivity index (χ0) is 23.9. The van der Waals surface area contributed by atoms with Gasteiger partial charge < -0.3 is 28.8 Å². The third kappa shape index (κ3) is 5.75. The number of nitrogens with one attached hydrogen (secondary N) is 1. The second kappa shape index (κ2) is 10.9. The minimum absolute atomic E-state index is 0.0169. The summed E-state index contributed by atoms with van der Waals surface area (Å²) in [5, 5.41) is 2.90. The fraction of sp³-hybridized carbons (Fsp3) is 0.417. The molecule has 0 radical (unpaired) electrons. The molecule has 0 spiro atoms. The van der Waals surface area contributed by atoms with E-state index < -0.39 is 0 Å². The number of amides is 2. The highest BCUT2D eigenvalue weighted by molar-refractivity contribution is 5.85. The molecule has 0 saturated carbocycles. The number of imidazole rings is 1. The number of benzene rings is 1. The number of anilines is 1. The van der Waals surface area contributed by atoms with E-state index in [1.807, 2.05) is 29.0 Å². The van der Waals surface area contributed by atoms with Crippen LogP contribution in [0.4, 0.5) is 5.69 Å². The van der Waals surface area contributed by atoms with Crippen LogP contribution in [-0.4, -0.2) is 71.1 Å². The molecule has 3 heterocycles. The second-order valence-corrected chi connectivity index (χ2v) is 8.18. The molecule has 10 nitrogen and oxygen atoms in total. The maximum Gasteiger partial charge on any atom is 0.239 e. The van der Waals surface area contributed by atoms with Crippen LogP contribution < -0.4 is 15.0 Å². The molecule has 1 aromatic carbocycles. The van der Waals surface area contributed by atoms with Gasteiger partial charge in [-0.15, -0.1) is 0 Å². The zero-order valence-corrected chi connectivity index (χ0v) is 19.6. The molecule has 180 valence electrons. The molecule has 0 bridgehead atoms. The summed E-state index contributed by atoms with van der Waals surface area (Å²) in [7, 11) is 1.62. The number of nitrogens with zero attached hydrogens (tertiary/aromatic N) is 5. The third-order valence-corrected chi connectivity index (χ3v) is 5.83. The molecule has 0 unspecified atom stereocenters. The number of carbonyl (C=O) groups excluding carboxylic acids is 2. The van der Waals surface area contributed by atoms with Crippen molar-refractivity contribution in [3.63, 3.8) is 0 Å². The molecule has 0 atom stereocenters. The van der Waals surface area contributed by atoms with E-state index in [9.17, 15) is 9.59 Å². The van der Waals surface area contributed by atoms with Gasteiger partial charge in [0.1, 0.15) is 5.75 Å². The van der Waals surface area contributed by atoms with Crippen LogP contribution in [0.3, 0.4) is 0 Å². The van der Waals surface area contributed by atoms with Gasteiger partial charge in [0.2, 0.25) is 11.8 Å². The van der Waals surface area contributed by atoms with Crippen molar-refractivity contribution in [2.45, 2.75) is 26.3 Å². The first-order valence-corrected chi connectivity index (χ1v) is 11.4. The van der Waals surface area contributed by atoms with E-state index in [0.29, 0.717) is 50.0 Å². The number of methoxy groups -OCH3 is 1. The van der Waals surface area contributed by atoms with Gasteiger partial charge in [-0.1, -0.05) is 0 Å². The summed E-state index contributed by atoms with van der Waals surface area (Å²) in [5.41, 5.74) is 1.78. The molecule has 1 aliphatic rings. The molecule has 2 amide bonds. The molecule has 1 N–H and O–H groups in total. The van der Waals surface area contributed by atoms with E-state index >= 15 is 0 Å². The molecular formula is C24H30N6O4. The highest BCUT2D eigenvalue weighted by Gasteiger charge is 2.23. The van der Waals surface area contributed by atoms with Crippen LogP contribution in [0.2, 0.25) is 0 Å². The van der Waals surface area contributed by atoms with Gasteiger partial charge in [0.25, 0.3) is 0 Å². The van der Waals surface area contributed by atoms with Crippen LogP contribution in [0.5, 0.6) is 5.75 Å². The lowest BCUT2D eigenvalue weighted by atomic mass is 10.1. The van der Waals surface area contributed by atoms with Crippen LogP contribution in [-0.2, 0) is 16.1 Å². The number of carbonyl (C=O) groups is 2. The minimum Gasteiger partial charge on any atom is -0.496 e. The average molecular weight is 467 g/mol. The number of hydrogen-bond donors (Lipinski definition) is 1. The summed E-state index contributed by atoms with van der Waals surface area (Å²) in [6.45, 7) is 4.90. The molecule has 1 aliphatic heterocycles. The first-order chi connectivity index (χ1) is 16.5. The van der Waals surface area contributed by atoms with Crippen LogP contribution in [0.25, 0.3) is 11.3 Å². The fourth-order valence-corrected chi connectivity index (χ4v) is 4.00. The van der Waals surface area contributed by atoms with Crippen molar-refractivity contribution in [2.75, 3.05) is 44.7 Å². The lowest BCUT2D eigenvalue weighted by Gasteiger charge is -2.24. The second-order valence-electron chi connectivity index (χ2n) is 8.18. The maximum atomic E-state index is 12.6. The van der Waals surface area contributed by atoms with Gasteiger partial charge in [0.15, 0.2) is 11.7 Å². The van der Waals surface area contributed by atoms with Gasteiger partial charge in [-0.3, -0.25) is 9.59 Å². The van der Waals surface area contributed by atoms with Crippen molar-refractivity contribution >= 4 is 17.5 Å². The Morgan fingerprint density at radius 1 is 1.26 bits per heavy atom. The summed E-state index contributed by atoms with van der Waals surface area (Å²) in [5.74, 6) is 1.76. The van der Waals surface area contributed by atoms with Crippen LogP contribution in [0.1, 0.15) is 18.7 Å². The van der Waals surface area contributed by atoms with E-state index in [4.69, 9.17) is 9.15 Å². The first kappa shape index (κ1) is 23.3. The molecule has 3 aromatic rings. The normalized spacial score (nSPS) is 14.2. The summed E-state index contributed by atoms with van der Waals surface area (Å²) >= 11 is 0. The molecule has 2 aromatic heterocycles. The van der Waals surface area contributed by atoms with Crippen LogP contribution in [0, 0.1) is 6.92 Å². The van der Waals surface area contributed by atoms with Crippen molar-refractivity contribution in [1.82, 2.24) is 24.8 Å². The van der Waals surface area contributed by atoms with Crippen molar-refractivity contribution in [2.24, 2.45) is 0 Å². The minimum atomic E-state index is -0.138. The Morgan fingerprint density at radius 2 is 2.15 bits per heavy atom. The van der Waals surface area contributed by atoms with Gasteiger partial charge in [-0.25, -0.2) is 9.97 Å². The van der Waals surface area contributed by atoms with E-state index in [2.05, 4.69) is 20.2 Å². The Morgan fingerprint density at radius 3 is 2.88 bits per heavy atom. The van der Waals surface area contributed by atoms with Gasteiger partial charge in [0, 0.05) is 70.2 Å². The zero-order valence-electron chi connectivity index (χ0n) is 19.6. The van der Waals surface area contributed by atoms with Gasteiger partial charge in [-0.05, 0) is 18.6 Å². The first-order valence-electron chi connectivity index (χ1n) is 11.4. The average Bonchev–Trinajstić information content (AvgIpc) is 3.48. The lowest BCUT2D eigenvalue weighted by Crippen LogP contribution is -2.42. The third-order valence-electron chi connectivity index (χ3n) is 5.83. The van der Waals surface area contributed by atoms with Gasteiger partial charge in [0.05, 0.1) is 31.7 Å². The molecule has 10 heteroatoms. The summed E-state index contributed by atoms with van der Waals surface area (Å²) < 4.78 is 13.2. The van der Waals surface area contributed by atoms with E-state index in [-0.39, 0.29) is 18.4 Å². The fourth-order valence-electron chi connectivity index (χ4n) is 4.00. The predicted octanol–water partition coefficient (Wildman–Crippen LogP) is 2.10. The summed E-state index contributed by atoms with van der Waals surface area (Å²) in [6, 6.07) is 5.87. The smallest absolute Gasteiger partial charge is 0.239 e. The van der Waals surface area contributed by atoms with E-state index in [1.54, 1.807) is 37.7 Å². The van der Waals surface area contributed by atoms with E-state index in [0.717, 1.165) is 24.2 Å². The SMILES string of the molecule is COc1cc(N2CCC(=O)N(CC(=O)NCCCn3ccnc3)CC2)ccc1-c1cnc(C)o1. The largest absolute Gasteiger partial charge is 0.496 e. The standard InChI is InChI=1S/C24H30N6O4/c1-18-27-15-22(34-18)20-5-4-19(14-21(20)33-2)29-10-6-24(32)30(13-12-29)16-23(31)26-7-3-9-28-11-8-25-17-28/h4-5,8,11,14-15,17H,3,6-7,9-10,12-13,16H2,1-2H3,(H,26,31). The molecule has 0 aliphatic carbocycles. The molecular weight excluding hydrogens is 436 g/mol. The number of rotatable bonds is 9. The highest BCUT2D eigenvalue weighted by atomic mass is 16.5. The van der Waals surface area contributed by atoms with Crippen molar-refractivity contribution in [3.8, 4) is 17.1 Å². The number of aryl methyl sites for hydroxylation is 2. The van der Waals surface area contributed by atoms with E-state index in [1.165, 1.54) is 0 Å². The molecule has 1 fully saturated rings. The number of ether oxygens (including phenoxy) is 1. The number of oxazole rings is 1. The van der Waals surface area contributed by atoms with Gasteiger partial charge >= 0.3 is 0 Å². The highest BCUT2D eigenvalue weighted by Crippen LogP contribution is 2.34. The van der Waals surface area contributed by atoms with Crippen molar-refractivity contribution in [1.29, 1.82) is 0 Å². The predicted molar refractivity (Wildman–Crippen MR) is 126 cm³/mol. The number of aromatic nitrogens is 3. The van der Waals surface area contributed by atoms with Crippen molar-refractivity contribution in [3.05, 3.63) is 49.0 Å². The van der Waals surface area contributed by atoms with Crippen LogP contribution >= 0.6 is 0 Å². The van der Waals surface area contributed by atoms with Crippen LogP contribution in [0.15, 0.2) is 47.5 Å². The number of hydrogen-bond acceptors (Lipinski definition) is 7. The van der Waals surface area contributed by atoms with Gasteiger partial charge in [-0.2, -0.15) is 0 Å². The topological polar surface area (TPSA) is 106 Å². The molecule has 34 heavy (non-hydrogen) atoms. The quantitative estimate of drug-likeness (QED) is 0.482. The molecule has 4 rings (SSSR count). The Balaban J connectivity index is 1.31. The summed E-state index contributed by atoms with van der Waals surface area (Å²) in [4.78, 5) is 36.9. The Labute approximate surface area is 198 Å². The Kier molecular flexibility index (Phi) is 7.46. The lowest BCUT2D eigenvalue weighted by molar-refractivity contribution is -0.135. The Hall–Kier alpha value is -3.82. The summed E-state index contributed by atoms with van der Waals surface area (Å²) in [6.07, 6.45) is 8.20. The Bertz CT molecular complexity index is 1110.